The van der Waals surface area contributed by atoms with Gasteiger partial charge in [-0.2, -0.15) is 0 Å². The molecule has 0 heterocycles. The molecule has 0 aliphatic rings. The number of nitrogens with one attached hydrogen (secondary N) is 1. The topological polar surface area (TPSA) is 66.4 Å². The maximum absolute atomic E-state index is 11.1. The summed E-state index contributed by atoms with van der Waals surface area (Å²) in [6.07, 6.45) is 0.720. The molecule has 12 heavy (non-hydrogen) atoms. The van der Waals surface area contributed by atoms with Gasteiger partial charge in [-0.05, 0) is 13.3 Å². The number of amides is 1. The van der Waals surface area contributed by atoms with Crippen molar-refractivity contribution in [2.24, 2.45) is 5.92 Å². The summed E-state index contributed by atoms with van der Waals surface area (Å²) in [6.45, 7) is 5.10. The Hall–Kier alpha value is -1.06. The van der Waals surface area contributed by atoms with Crippen LogP contribution < -0.4 is 5.32 Å². The molecule has 0 aromatic carbocycles. The highest BCUT2D eigenvalue weighted by molar-refractivity contribution is 5.84. The molecule has 4 nitrogen and oxygen atoms in total. The Balaban J connectivity index is 3.92. The van der Waals surface area contributed by atoms with Crippen molar-refractivity contribution in [2.75, 3.05) is 0 Å². The minimum Gasteiger partial charge on any atom is -0.480 e. The van der Waals surface area contributed by atoms with Gasteiger partial charge in [-0.25, -0.2) is 0 Å². The minimum atomic E-state index is -1.01. The van der Waals surface area contributed by atoms with E-state index in [0.717, 1.165) is 6.42 Å². The molecule has 0 fully saturated rings. The maximum Gasteiger partial charge on any atom is 0.325 e. The van der Waals surface area contributed by atoms with Crippen molar-refractivity contribution in [3.8, 4) is 0 Å². The first-order valence-corrected chi connectivity index (χ1v) is 4.02. The molecular formula is C8H15NO3. The predicted octanol–water partition coefficient (Wildman–Crippen LogP) is 0.622. The van der Waals surface area contributed by atoms with Gasteiger partial charge in [-0.15, -0.1) is 0 Å². The van der Waals surface area contributed by atoms with Gasteiger partial charge >= 0.3 is 5.97 Å². The lowest BCUT2D eigenvalue weighted by molar-refractivity contribution is -0.141. The second-order valence-electron chi connectivity index (χ2n) is 2.88. The molecule has 0 aromatic heterocycles. The van der Waals surface area contributed by atoms with Gasteiger partial charge in [-0.1, -0.05) is 13.8 Å². The number of aliphatic carboxylic acids is 1. The fraction of sp³-hybridized carbons (Fsp3) is 0.750. The summed E-state index contributed by atoms with van der Waals surface area (Å²) in [6, 6.07) is -0.800. The van der Waals surface area contributed by atoms with Crippen molar-refractivity contribution < 1.29 is 14.7 Å². The molecule has 0 unspecified atom stereocenters. The van der Waals surface area contributed by atoms with E-state index in [2.05, 4.69) is 5.32 Å². The molecule has 0 aliphatic heterocycles. The van der Waals surface area contributed by atoms with E-state index in [0.29, 0.717) is 0 Å². The average Bonchev–Trinajstić information content (AvgIpc) is 2.02. The minimum absolute atomic E-state index is 0.119. The van der Waals surface area contributed by atoms with Crippen molar-refractivity contribution in [3.63, 3.8) is 0 Å². The number of hydrogen-bond acceptors (Lipinski definition) is 2. The molecule has 0 rings (SSSR count). The second-order valence-corrected chi connectivity index (χ2v) is 2.88. The van der Waals surface area contributed by atoms with E-state index in [1.54, 1.807) is 6.92 Å². The molecule has 2 atom stereocenters. The van der Waals surface area contributed by atoms with E-state index in [-0.39, 0.29) is 11.8 Å². The van der Waals surface area contributed by atoms with Crippen molar-refractivity contribution in [1.82, 2.24) is 5.32 Å². The first-order valence-electron chi connectivity index (χ1n) is 4.02. The molecule has 0 bridgehead atoms. The second kappa shape index (κ2) is 4.74. The van der Waals surface area contributed by atoms with E-state index < -0.39 is 12.0 Å². The van der Waals surface area contributed by atoms with Crippen LogP contribution in [0.15, 0.2) is 0 Å². The third-order valence-electron chi connectivity index (χ3n) is 1.79. The first kappa shape index (κ1) is 10.9. The normalized spacial score (nSPS) is 14.9. The van der Waals surface area contributed by atoms with E-state index in [4.69, 9.17) is 5.11 Å². The Labute approximate surface area is 72.0 Å². The molecule has 2 N–H and O–H groups in total. The molecule has 0 spiro atoms. The number of carbonyl (C=O) groups excluding carboxylic acids is 1. The smallest absolute Gasteiger partial charge is 0.325 e. The maximum atomic E-state index is 11.1. The molecule has 0 radical (unpaired) electrons. The van der Waals surface area contributed by atoms with Crippen LogP contribution in [0.3, 0.4) is 0 Å². The van der Waals surface area contributed by atoms with E-state index in [1.807, 2.05) is 6.92 Å². The predicted molar refractivity (Wildman–Crippen MR) is 44.7 cm³/mol. The highest BCUT2D eigenvalue weighted by Crippen LogP contribution is 2.00. The average molecular weight is 173 g/mol. The molecule has 1 amide bonds. The molecule has 70 valence electrons. The third kappa shape index (κ3) is 3.37. The molecule has 0 aromatic rings. The zero-order chi connectivity index (χ0) is 9.72. The molecule has 0 saturated heterocycles. The van der Waals surface area contributed by atoms with Crippen molar-refractivity contribution in [1.29, 1.82) is 0 Å². The number of rotatable bonds is 4. The van der Waals surface area contributed by atoms with Crippen LogP contribution >= 0.6 is 0 Å². The molecule has 0 saturated carbocycles. The number of carboxylic acids is 1. The highest BCUT2D eigenvalue weighted by atomic mass is 16.4. The van der Waals surface area contributed by atoms with Crippen LogP contribution in [0, 0.1) is 5.92 Å². The van der Waals surface area contributed by atoms with Crippen molar-refractivity contribution in [2.45, 2.75) is 33.2 Å². The van der Waals surface area contributed by atoms with Gasteiger partial charge in [0.25, 0.3) is 0 Å². The van der Waals surface area contributed by atoms with Crippen LogP contribution in [0.5, 0.6) is 0 Å². The molecule has 0 aliphatic carbocycles. The summed E-state index contributed by atoms with van der Waals surface area (Å²) in [5.41, 5.74) is 0. The summed E-state index contributed by atoms with van der Waals surface area (Å²) in [4.78, 5) is 21.4. The van der Waals surface area contributed by atoms with Gasteiger partial charge in [0.1, 0.15) is 6.04 Å². The third-order valence-corrected chi connectivity index (χ3v) is 1.79. The van der Waals surface area contributed by atoms with Crippen molar-refractivity contribution >= 4 is 11.9 Å². The Kier molecular flexibility index (Phi) is 4.33. The largest absolute Gasteiger partial charge is 0.480 e. The molecule has 4 heteroatoms. The highest BCUT2D eigenvalue weighted by Gasteiger charge is 2.17. The lowest BCUT2D eigenvalue weighted by Crippen LogP contribution is -2.40. The number of hydrogen-bond donors (Lipinski definition) is 2. The SMILES string of the molecule is CC[C@H](C)C(=O)N[C@H](C)C(=O)O. The van der Waals surface area contributed by atoms with Crippen LogP contribution in [0.4, 0.5) is 0 Å². The Morgan fingerprint density at radius 2 is 1.92 bits per heavy atom. The fourth-order valence-corrected chi connectivity index (χ4v) is 0.603. The van der Waals surface area contributed by atoms with Crippen LogP contribution in [0.25, 0.3) is 0 Å². The van der Waals surface area contributed by atoms with E-state index in [9.17, 15) is 9.59 Å². The van der Waals surface area contributed by atoms with Gasteiger partial charge in [0.05, 0.1) is 0 Å². The van der Waals surface area contributed by atoms with Gasteiger partial charge in [0.15, 0.2) is 0 Å². The zero-order valence-electron chi connectivity index (χ0n) is 7.63. The summed E-state index contributed by atoms with van der Waals surface area (Å²) in [7, 11) is 0. The zero-order valence-corrected chi connectivity index (χ0v) is 7.63. The van der Waals surface area contributed by atoms with E-state index in [1.165, 1.54) is 6.92 Å². The van der Waals surface area contributed by atoms with Crippen LogP contribution in [-0.2, 0) is 9.59 Å². The van der Waals surface area contributed by atoms with Gasteiger partial charge in [-0.3, -0.25) is 9.59 Å². The Morgan fingerprint density at radius 3 is 2.25 bits per heavy atom. The van der Waals surface area contributed by atoms with Gasteiger partial charge in [0.2, 0.25) is 5.91 Å². The van der Waals surface area contributed by atoms with Crippen LogP contribution in [-0.4, -0.2) is 23.0 Å². The number of carbonyl (C=O) groups is 2. The molecular weight excluding hydrogens is 158 g/mol. The Bertz CT molecular complexity index is 179. The number of carboxylic acid groups (broad SMARTS) is 1. The first-order chi connectivity index (χ1) is 5.49. The standard InChI is InChI=1S/C8H15NO3/c1-4-5(2)7(10)9-6(3)8(11)12/h5-6H,4H2,1-3H3,(H,9,10)(H,11,12)/t5-,6+/m0/s1. The Morgan fingerprint density at radius 1 is 1.42 bits per heavy atom. The monoisotopic (exact) mass is 173 g/mol. The summed E-state index contributed by atoms with van der Waals surface area (Å²) < 4.78 is 0. The quantitative estimate of drug-likeness (QED) is 0.655. The lowest BCUT2D eigenvalue weighted by Gasteiger charge is -2.12. The summed E-state index contributed by atoms with van der Waals surface area (Å²) in [5, 5.41) is 10.9. The van der Waals surface area contributed by atoms with Crippen LogP contribution in [0.1, 0.15) is 27.2 Å². The van der Waals surface area contributed by atoms with E-state index >= 15 is 0 Å². The fourth-order valence-electron chi connectivity index (χ4n) is 0.603. The lowest BCUT2D eigenvalue weighted by atomic mass is 10.1. The van der Waals surface area contributed by atoms with Crippen LogP contribution in [0.2, 0.25) is 0 Å². The van der Waals surface area contributed by atoms with Gasteiger partial charge in [0, 0.05) is 5.92 Å². The summed E-state index contributed by atoms with van der Waals surface area (Å²) in [5.74, 6) is -1.33. The van der Waals surface area contributed by atoms with Crippen molar-refractivity contribution in [3.05, 3.63) is 0 Å². The summed E-state index contributed by atoms with van der Waals surface area (Å²) >= 11 is 0. The van der Waals surface area contributed by atoms with Gasteiger partial charge < -0.3 is 10.4 Å².